The highest BCUT2D eigenvalue weighted by Crippen LogP contribution is 2.21. The molecule has 0 rings (SSSR count). The minimum absolute atomic E-state index is 0.437. The fraction of sp³-hybridized carbons (Fsp3) is 1.00. The maximum Gasteiger partial charge on any atom is 0.510 e. The predicted molar refractivity (Wildman–Crippen MR) is 34.3 cm³/mol. The van der Waals surface area contributed by atoms with E-state index < -0.39 is 14.8 Å². The summed E-state index contributed by atoms with van der Waals surface area (Å²) in [5.74, 6) is 0. The van der Waals surface area contributed by atoms with Gasteiger partial charge in [-0.15, -0.1) is 4.52 Å². The SMILES string of the molecule is NCCC[P+](=O)OCO. The van der Waals surface area contributed by atoms with Gasteiger partial charge in [0.2, 0.25) is 0 Å². The van der Waals surface area contributed by atoms with Crippen molar-refractivity contribution in [3.8, 4) is 0 Å². The lowest BCUT2D eigenvalue weighted by Crippen LogP contribution is -1.99. The molecule has 0 saturated heterocycles. The van der Waals surface area contributed by atoms with Crippen molar-refractivity contribution in [2.75, 3.05) is 19.5 Å². The zero-order valence-corrected chi connectivity index (χ0v) is 6.01. The molecule has 9 heavy (non-hydrogen) atoms. The topological polar surface area (TPSA) is 72.6 Å². The van der Waals surface area contributed by atoms with Crippen LogP contribution in [0.2, 0.25) is 0 Å². The molecule has 0 aliphatic carbocycles. The van der Waals surface area contributed by atoms with Crippen LogP contribution in [-0.4, -0.2) is 24.6 Å². The van der Waals surface area contributed by atoms with Crippen molar-refractivity contribution in [2.24, 2.45) is 5.73 Å². The summed E-state index contributed by atoms with van der Waals surface area (Å²) in [5, 5.41) is 8.10. The highest BCUT2D eigenvalue weighted by molar-refractivity contribution is 7.39. The van der Waals surface area contributed by atoms with Crippen LogP contribution < -0.4 is 5.73 Å². The average Bonchev–Trinajstić information content (AvgIpc) is 1.85. The largest absolute Gasteiger partial charge is 0.510 e. The number of aliphatic hydroxyl groups is 1. The third-order valence-electron chi connectivity index (χ3n) is 0.747. The smallest absolute Gasteiger partial charge is 0.367 e. The van der Waals surface area contributed by atoms with Crippen molar-refractivity contribution in [3.63, 3.8) is 0 Å². The number of hydrogen-bond donors (Lipinski definition) is 2. The van der Waals surface area contributed by atoms with Crippen LogP contribution in [0.25, 0.3) is 0 Å². The average molecular weight is 152 g/mol. The van der Waals surface area contributed by atoms with Crippen molar-refractivity contribution in [1.82, 2.24) is 0 Å². The van der Waals surface area contributed by atoms with E-state index in [-0.39, 0.29) is 0 Å². The van der Waals surface area contributed by atoms with Crippen LogP contribution in [0.4, 0.5) is 0 Å². The first-order valence-corrected chi connectivity index (χ1v) is 4.06. The lowest BCUT2D eigenvalue weighted by atomic mass is 10.5. The van der Waals surface area contributed by atoms with Gasteiger partial charge in [0.05, 0.1) is 0 Å². The molecule has 5 heteroatoms. The molecule has 0 aromatic heterocycles. The van der Waals surface area contributed by atoms with Gasteiger partial charge in [-0.3, -0.25) is 0 Å². The highest BCUT2D eigenvalue weighted by atomic mass is 31.1. The maximum atomic E-state index is 10.5. The molecular weight excluding hydrogens is 141 g/mol. The molecular formula is C4H11NO3P+. The molecule has 0 bridgehead atoms. The Balaban J connectivity index is 3.06. The lowest BCUT2D eigenvalue weighted by molar-refractivity contribution is 0.107. The van der Waals surface area contributed by atoms with E-state index in [1.54, 1.807) is 0 Å². The van der Waals surface area contributed by atoms with Gasteiger partial charge in [0.1, 0.15) is 0 Å². The van der Waals surface area contributed by atoms with E-state index in [4.69, 9.17) is 10.8 Å². The molecule has 0 aromatic carbocycles. The second-order valence-electron chi connectivity index (χ2n) is 1.46. The van der Waals surface area contributed by atoms with Gasteiger partial charge in [0, 0.05) is 6.42 Å². The van der Waals surface area contributed by atoms with Crippen LogP contribution in [0.3, 0.4) is 0 Å². The first-order chi connectivity index (χ1) is 4.31. The Hall–Kier alpha value is -0.0200. The second kappa shape index (κ2) is 6.11. The van der Waals surface area contributed by atoms with Crippen molar-refractivity contribution in [2.45, 2.75) is 6.42 Å². The van der Waals surface area contributed by atoms with Crippen LogP contribution in [-0.2, 0) is 9.09 Å². The minimum Gasteiger partial charge on any atom is -0.367 e. The Kier molecular flexibility index (Phi) is 6.09. The summed E-state index contributed by atoms with van der Waals surface area (Å²) >= 11 is 0. The third kappa shape index (κ3) is 5.86. The molecule has 0 aromatic rings. The zero-order valence-electron chi connectivity index (χ0n) is 5.12. The summed E-state index contributed by atoms with van der Waals surface area (Å²) in [6.07, 6.45) is 1.11. The van der Waals surface area contributed by atoms with E-state index in [1.165, 1.54) is 0 Å². The molecule has 0 aliphatic heterocycles. The lowest BCUT2D eigenvalue weighted by Gasteiger charge is -1.83. The van der Waals surface area contributed by atoms with Gasteiger partial charge >= 0.3 is 8.03 Å². The minimum atomic E-state index is -1.67. The molecule has 0 fully saturated rings. The van der Waals surface area contributed by atoms with Crippen LogP contribution in [0.1, 0.15) is 6.42 Å². The van der Waals surface area contributed by atoms with Crippen molar-refractivity contribution in [1.29, 1.82) is 0 Å². The molecule has 0 spiro atoms. The number of aliphatic hydroxyl groups excluding tert-OH is 1. The van der Waals surface area contributed by atoms with Gasteiger partial charge in [0.25, 0.3) is 0 Å². The van der Waals surface area contributed by atoms with E-state index in [2.05, 4.69) is 4.52 Å². The summed E-state index contributed by atoms with van der Waals surface area (Å²) in [5.41, 5.74) is 5.13. The molecule has 0 heterocycles. The second-order valence-corrected chi connectivity index (χ2v) is 2.83. The standard InChI is InChI=1S/C4H11NO3P/c5-2-1-3-9(7)8-4-6/h6H,1-5H2/q+1. The normalized spacial score (nSPS) is 11.6. The van der Waals surface area contributed by atoms with Crippen LogP contribution in [0.5, 0.6) is 0 Å². The molecule has 0 radical (unpaired) electrons. The van der Waals surface area contributed by atoms with Crippen LogP contribution in [0.15, 0.2) is 0 Å². The zero-order chi connectivity index (χ0) is 7.11. The quantitative estimate of drug-likeness (QED) is 0.431. The Bertz CT molecular complexity index is 87.9. The first kappa shape index (κ1) is 8.98. The van der Waals surface area contributed by atoms with E-state index in [9.17, 15) is 4.57 Å². The summed E-state index contributed by atoms with van der Waals surface area (Å²) in [4.78, 5) is 0. The first-order valence-electron chi connectivity index (χ1n) is 2.69. The third-order valence-corrected chi connectivity index (χ3v) is 1.83. The van der Waals surface area contributed by atoms with Crippen molar-refractivity contribution in [3.05, 3.63) is 0 Å². The van der Waals surface area contributed by atoms with E-state index in [0.29, 0.717) is 19.1 Å². The predicted octanol–water partition coefficient (Wildman–Crippen LogP) is 0.0440. The molecule has 54 valence electrons. The monoisotopic (exact) mass is 152 g/mol. The summed E-state index contributed by atoms with van der Waals surface area (Å²) < 4.78 is 14.9. The number of hydrogen-bond acceptors (Lipinski definition) is 4. The Morgan fingerprint density at radius 2 is 2.33 bits per heavy atom. The van der Waals surface area contributed by atoms with Gasteiger partial charge in [-0.05, 0) is 11.1 Å². The van der Waals surface area contributed by atoms with Gasteiger partial charge in [0.15, 0.2) is 13.0 Å². The highest BCUT2D eigenvalue weighted by Gasteiger charge is 2.14. The number of rotatable bonds is 5. The molecule has 1 atom stereocenters. The van der Waals surface area contributed by atoms with E-state index in [1.807, 2.05) is 0 Å². The Morgan fingerprint density at radius 1 is 1.67 bits per heavy atom. The van der Waals surface area contributed by atoms with Crippen molar-refractivity contribution < 1.29 is 14.2 Å². The molecule has 1 unspecified atom stereocenters. The van der Waals surface area contributed by atoms with Gasteiger partial charge in [-0.1, -0.05) is 0 Å². The number of nitrogens with two attached hydrogens (primary N) is 1. The molecule has 4 nitrogen and oxygen atoms in total. The maximum absolute atomic E-state index is 10.5. The fourth-order valence-corrected chi connectivity index (χ4v) is 1.05. The summed E-state index contributed by atoms with van der Waals surface area (Å²) in [7, 11) is -1.67. The Morgan fingerprint density at radius 3 is 2.78 bits per heavy atom. The van der Waals surface area contributed by atoms with Crippen molar-refractivity contribution >= 4 is 8.03 Å². The van der Waals surface area contributed by atoms with Gasteiger partial charge in [-0.25, -0.2) is 0 Å². The van der Waals surface area contributed by atoms with Crippen LogP contribution in [0, 0.1) is 0 Å². The fourth-order valence-electron chi connectivity index (χ4n) is 0.349. The van der Waals surface area contributed by atoms with Crippen LogP contribution >= 0.6 is 8.03 Å². The molecule has 0 amide bonds. The Labute approximate surface area is 54.9 Å². The molecule has 3 N–H and O–H groups in total. The van der Waals surface area contributed by atoms with E-state index in [0.717, 1.165) is 0 Å². The molecule has 0 saturated carbocycles. The molecule has 0 aliphatic rings. The van der Waals surface area contributed by atoms with Gasteiger partial charge in [-0.2, -0.15) is 0 Å². The summed E-state index contributed by atoms with van der Waals surface area (Å²) in [6, 6.07) is 0. The summed E-state index contributed by atoms with van der Waals surface area (Å²) in [6.45, 7) is 0.0373. The van der Waals surface area contributed by atoms with Gasteiger partial charge < -0.3 is 10.8 Å². The van der Waals surface area contributed by atoms with E-state index >= 15 is 0 Å².